The first-order valence-corrected chi connectivity index (χ1v) is 9.77. The highest BCUT2D eigenvalue weighted by atomic mass is 32.1. The Morgan fingerprint density at radius 2 is 2.00 bits per heavy atom. The molecule has 0 aliphatic heterocycles. The molecule has 0 spiro atoms. The van der Waals surface area contributed by atoms with Crippen molar-refractivity contribution in [3.05, 3.63) is 57.5 Å². The molecular weight excluding hydrogens is 364 g/mol. The summed E-state index contributed by atoms with van der Waals surface area (Å²) >= 11 is 1.21. The molecule has 27 heavy (non-hydrogen) atoms. The number of fused-ring (bicyclic) bond motifs is 1. The molecule has 7 heteroatoms. The molecule has 6 nitrogen and oxygen atoms in total. The molecule has 142 valence electrons. The molecule has 0 aliphatic rings. The monoisotopic (exact) mass is 386 g/mol. The standard InChI is InChI=1S/C20H22N2O4S/c1-3-25-20(24)17-14(2)16-18(27-17)21-13-22(19(16)23)11-7-8-12-26-15-9-5-4-6-10-15/h4-6,9-10,13H,3,7-8,11-12H2,1-2H3. The average Bonchev–Trinajstić information content (AvgIpc) is 3.01. The predicted octanol–water partition coefficient (Wildman–Crippen LogP) is 3.80. The van der Waals surface area contributed by atoms with Gasteiger partial charge >= 0.3 is 5.97 Å². The first-order chi connectivity index (χ1) is 13.1. The lowest BCUT2D eigenvalue weighted by Crippen LogP contribution is -2.21. The van der Waals surface area contributed by atoms with Crippen molar-refractivity contribution in [2.24, 2.45) is 0 Å². The average molecular weight is 386 g/mol. The molecule has 0 amide bonds. The van der Waals surface area contributed by atoms with Gasteiger partial charge in [-0.2, -0.15) is 0 Å². The first kappa shape index (κ1) is 19.1. The quantitative estimate of drug-likeness (QED) is 0.435. The van der Waals surface area contributed by atoms with Crippen molar-refractivity contribution < 1.29 is 14.3 Å². The molecule has 2 aromatic heterocycles. The highest BCUT2D eigenvalue weighted by molar-refractivity contribution is 7.20. The van der Waals surface area contributed by atoms with Gasteiger partial charge in [0.05, 0.1) is 24.9 Å². The number of carbonyl (C=O) groups excluding carboxylic acids is 1. The van der Waals surface area contributed by atoms with Gasteiger partial charge < -0.3 is 9.47 Å². The fraction of sp³-hybridized carbons (Fsp3) is 0.350. The topological polar surface area (TPSA) is 70.4 Å². The molecule has 0 aliphatic carbocycles. The van der Waals surface area contributed by atoms with Gasteiger partial charge in [-0.3, -0.25) is 9.36 Å². The van der Waals surface area contributed by atoms with Crippen molar-refractivity contribution in [3.63, 3.8) is 0 Å². The number of aromatic nitrogens is 2. The maximum atomic E-state index is 12.8. The van der Waals surface area contributed by atoms with Gasteiger partial charge in [0, 0.05) is 6.54 Å². The number of para-hydroxylation sites is 1. The highest BCUT2D eigenvalue weighted by Gasteiger charge is 2.20. The summed E-state index contributed by atoms with van der Waals surface area (Å²) in [6.07, 6.45) is 3.18. The van der Waals surface area contributed by atoms with Crippen molar-refractivity contribution in [3.8, 4) is 5.75 Å². The van der Waals surface area contributed by atoms with Crippen molar-refractivity contribution in [1.82, 2.24) is 9.55 Å². The van der Waals surface area contributed by atoms with E-state index in [-0.39, 0.29) is 5.56 Å². The van der Waals surface area contributed by atoms with Gasteiger partial charge in [-0.1, -0.05) is 18.2 Å². The number of esters is 1. The van der Waals surface area contributed by atoms with E-state index in [4.69, 9.17) is 9.47 Å². The van der Waals surface area contributed by atoms with E-state index in [1.54, 1.807) is 24.7 Å². The zero-order valence-electron chi connectivity index (χ0n) is 15.4. The van der Waals surface area contributed by atoms with Crippen LogP contribution in [0.25, 0.3) is 10.2 Å². The largest absolute Gasteiger partial charge is 0.494 e. The van der Waals surface area contributed by atoms with E-state index in [2.05, 4.69) is 4.98 Å². The number of carbonyl (C=O) groups is 1. The van der Waals surface area contributed by atoms with Gasteiger partial charge in [0.1, 0.15) is 15.5 Å². The SMILES string of the molecule is CCOC(=O)c1sc2ncn(CCCCOc3ccccc3)c(=O)c2c1C. The zero-order valence-corrected chi connectivity index (χ0v) is 16.3. The second-order valence-corrected chi connectivity index (χ2v) is 7.07. The third-order valence-corrected chi connectivity index (χ3v) is 5.36. The Balaban J connectivity index is 1.65. The molecular formula is C20H22N2O4S. The van der Waals surface area contributed by atoms with Gasteiger partial charge in [-0.25, -0.2) is 9.78 Å². The minimum absolute atomic E-state index is 0.117. The van der Waals surface area contributed by atoms with Gasteiger partial charge in [0.25, 0.3) is 5.56 Å². The number of aryl methyl sites for hydroxylation is 2. The third kappa shape index (κ3) is 4.36. The Bertz CT molecular complexity index is 979. The fourth-order valence-electron chi connectivity index (χ4n) is 2.80. The lowest BCUT2D eigenvalue weighted by molar-refractivity contribution is 0.0531. The van der Waals surface area contributed by atoms with Gasteiger partial charge in [-0.15, -0.1) is 11.3 Å². The number of ether oxygens (including phenoxy) is 2. The summed E-state index contributed by atoms with van der Waals surface area (Å²) in [6.45, 7) is 4.98. The Hall–Kier alpha value is -2.67. The van der Waals surface area contributed by atoms with Crippen molar-refractivity contribution >= 4 is 27.5 Å². The van der Waals surface area contributed by atoms with Gasteiger partial charge in [0.2, 0.25) is 0 Å². The summed E-state index contributed by atoms with van der Waals surface area (Å²) in [7, 11) is 0. The molecule has 3 aromatic rings. The lowest BCUT2D eigenvalue weighted by Gasteiger charge is -2.07. The molecule has 0 saturated heterocycles. The van der Waals surface area contributed by atoms with Crippen molar-refractivity contribution in [2.45, 2.75) is 33.2 Å². The van der Waals surface area contributed by atoms with Crippen LogP contribution in [0.15, 0.2) is 41.5 Å². The van der Waals surface area contributed by atoms with E-state index in [1.807, 2.05) is 30.3 Å². The second-order valence-electron chi connectivity index (χ2n) is 6.07. The van der Waals surface area contributed by atoms with E-state index in [0.29, 0.717) is 40.4 Å². The summed E-state index contributed by atoms with van der Waals surface area (Å²) in [5.41, 5.74) is 0.529. The van der Waals surface area contributed by atoms with Crippen molar-refractivity contribution in [2.75, 3.05) is 13.2 Å². The molecule has 0 bridgehead atoms. The second kappa shape index (κ2) is 8.81. The molecule has 3 rings (SSSR count). The van der Waals surface area contributed by atoms with Crippen LogP contribution in [0.5, 0.6) is 5.75 Å². The smallest absolute Gasteiger partial charge is 0.348 e. The van der Waals surface area contributed by atoms with Crippen LogP contribution >= 0.6 is 11.3 Å². The summed E-state index contributed by atoms with van der Waals surface area (Å²) in [6, 6.07) is 9.65. The maximum Gasteiger partial charge on any atom is 0.348 e. The number of nitrogens with zero attached hydrogens (tertiary/aromatic N) is 2. The van der Waals surface area contributed by atoms with E-state index >= 15 is 0 Å². The molecule has 0 fully saturated rings. The van der Waals surface area contributed by atoms with Crippen LogP contribution < -0.4 is 10.3 Å². The molecule has 0 unspecified atom stereocenters. The van der Waals surface area contributed by atoms with Crippen LogP contribution in [0.1, 0.15) is 35.0 Å². The van der Waals surface area contributed by atoms with E-state index in [0.717, 1.165) is 18.6 Å². The number of hydrogen-bond donors (Lipinski definition) is 0. The molecule has 0 atom stereocenters. The molecule has 2 heterocycles. The molecule has 0 radical (unpaired) electrons. The number of hydrogen-bond acceptors (Lipinski definition) is 6. The van der Waals surface area contributed by atoms with Crippen molar-refractivity contribution in [1.29, 1.82) is 0 Å². The van der Waals surface area contributed by atoms with E-state index in [1.165, 1.54) is 11.3 Å². The zero-order chi connectivity index (χ0) is 19.2. The van der Waals surface area contributed by atoms with Crippen LogP contribution in [0, 0.1) is 6.92 Å². The lowest BCUT2D eigenvalue weighted by atomic mass is 10.2. The van der Waals surface area contributed by atoms with E-state index < -0.39 is 5.97 Å². The first-order valence-electron chi connectivity index (χ1n) is 8.95. The summed E-state index contributed by atoms with van der Waals surface area (Å²) in [5.74, 6) is 0.445. The molecule has 1 aromatic carbocycles. The number of thiophene rings is 1. The number of benzene rings is 1. The van der Waals surface area contributed by atoms with Crippen LogP contribution in [0.3, 0.4) is 0 Å². The highest BCUT2D eigenvalue weighted by Crippen LogP contribution is 2.27. The van der Waals surface area contributed by atoms with Crippen LogP contribution in [0.2, 0.25) is 0 Å². The summed E-state index contributed by atoms with van der Waals surface area (Å²) < 4.78 is 12.3. The summed E-state index contributed by atoms with van der Waals surface area (Å²) in [4.78, 5) is 30.2. The summed E-state index contributed by atoms with van der Waals surface area (Å²) in [5, 5.41) is 0.506. The van der Waals surface area contributed by atoms with Crippen LogP contribution in [-0.4, -0.2) is 28.7 Å². The molecule has 0 saturated carbocycles. The Morgan fingerprint density at radius 3 is 2.74 bits per heavy atom. The predicted molar refractivity (Wildman–Crippen MR) is 106 cm³/mol. The Labute approximate surface area is 161 Å². The molecule has 0 N–H and O–H groups in total. The van der Waals surface area contributed by atoms with Gasteiger partial charge in [-0.05, 0) is 44.4 Å². The maximum absolute atomic E-state index is 12.8. The Morgan fingerprint density at radius 1 is 1.22 bits per heavy atom. The Kier molecular flexibility index (Phi) is 6.24. The minimum Gasteiger partial charge on any atom is -0.494 e. The normalized spacial score (nSPS) is 10.9. The van der Waals surface area contributed by atoms with Crippen LogP contribution in [-0.2, 0) is 11.3 Å². The fourth-order valence-corrected chi connectivity index (χ4v) is 3.83. The number of rotatable bonds is 8. The van der Waals surface area contributed by atoms with Crippen LogP contribution in [0.4, 0.5) is 0 Å². The van der Waals surface area contributed by atoms with Gasteiger partial charge in [0.15, 0.2) is 0 Å². The minimum atomic E-state index is -0.401. The number of unbranched alkanes of at least 4 members (excludes halogenated alkanes) is 1. The van der Waals surface area contributed by atoms with E-state index in [9.17, 15) is 9.59 Å². The third-order valence-electron chi connectivity index (χ3n) is 4.18.